The fraction of sp³-hybridized carbons (Fsp3) is 0.120. The second-order valence-corrected chi connectivity index (χ2v) is 9.53. The van der Waals surface area contributed by atoms with Crippen LogP contribution in [0.1, 0.15) is 23.6 Å². The number of non-ortho nitro benzene ring substituents is 1. The fourth-order valence-electron chi connectivity index (χ4n) is 3.05. The first-order valence-corrected chi connectivity index (χ1v) is 12.3. The van der Waals surface area contributed by atoms with Gasteiger partial charge in [0.2, 0.25) is 0 Å². The Labute approximate surface area is 224 Å². The first-order valence-electron chi connectivity index (χ1n) is 10.2. The molecule has 0 aliphatic carbocycles. The number of amides is 1. The number of anilines is 1. The smallest absolute Gasteiger partial charge is 0.269 e. The highest BCUT2D eigenvalue weighted by atomic mass is 127. The summed E-state index contributed by atoms with van der Waals surface area (Å²) in [6.07, 6.45) is 2.43. The minimum absolute atomic E-state index is 0.00888. The van der Waals surface area contributed by atoms with Gasteiger partial charge in [-0.2, -0.15) is 5.26 Å². The van der Waals surface area contributed by atoms with Crippen LogP contribution >= 0.6 is 45.2 Å². The molecule has 0 aliphatic heterocycles. The van der Waals surface area contributed by atoms with Crippen molar-refractivity contribution in [1.29, 1.82) is 5.26 Å². The number of benzene rings is 3. The van der Waals surface area contributed by atoms with Crippen molar-refractivity contribution in [2.24, 2.45) is 0 Å². The molecule has 0 saturated carbocycles. The molecule has 3 aromatic rings. The molecule has 0 radical (unpaired) electrons. The highest BCUT2D eigenvalue weighted by molar-refractivity contribution is 14.1. The first kappa shape index (κ1) is 25.6. The van der Waals surface area contributed by atoms with Crippen molar-refractivity contribution < 1.29 is 14.5 Å². The largest absolute Gasteiger partial charge is 0.487 e. The second kappa shape index (κ2) is 11.9. The summed E-state index contributed by atoms with van der Waals surface area (Å²) in [5.74, 6) is 0.145. The summed E-state index contributed by atoms with van der Waals surface area (Å²) in [4.78, 5) is 23.1. The van der Waals surface area contributed by atoms with E-state index < -0.39 is 10.8 Å². The minimum Gasteiger partial charge on any atom is -0.487 e. The predicted molar refractivity (Wildman–Crippen MR) is 147 cm³/mol. The van der Waals surface area contributed by atoms with Crippen molar-refractivity contribution in [3.63, 3.8) is 0 Å². The number of hydrogen-bond donors (Lipinski definition) is 1. The van der Waals surface area contributed by atoms with E-state index in [4.69, 9.17) is 4.74 Å². The molecule has 34 heavy (non-hydrogen) atoms. The van der Waals surface area contributed by atoms with Gasteiger partial charge in [0, 0.05) is 17.8 Å². The molecule has 3 aromatic carbocycles. The van der Waals surface area contributed by atoms with Crippen LogP contribution in [0.2, 0.25) is 0 Å². The molecular weight excluding hydrogens is 660 g/mol. The number of nitro benzene ring substituents is 1. The number of carbonyl (C=O) groups is 1. The number of halogens is 2. The Bertz CT molecular complexity index is 1280. The average molecular weight is 679 g/mol. The van der Waals surface area contributed by atoms with Crippen molar-refractivity contribution in [2.45, 2.75) is 20.0 Å². The monoisotopic (exact) mass is 679 g/mol. The number of carbonyl (C=O) groups excluding carboxylic acids is 1. The number of hydrogen-bond acceptors (Lipinski definition) is 5. The highest BCUT2D eigenvalue weighted by Crippen LogP contribution is 2.31. The summed E-state index contributed by atoms with van der Waals surface area (Å²) in [5.41, 5.74) is 3.14. The van der Waals surface area contributed by atoms with E-state index in [0.29, 0.717) is 22.6 Å². The van der Waals surface area contributed by atoms with Gasteiger partial charge in [-0.3, -0.25) is 14.9 Å². The van der Waals surface area contributed by atoms with Crippen LogP contribution in [0.25, 0.3) is 6.08 Å². The zero-order chi connectivity index (χ0) is 24.7. The topological polar surface area (TPSA) is 105 Å². The third kappa shape index (κ3) is 6.77. The number of aryl methyl sites for hydroxylation is 1. The van der Waals surface area contributed by atoms with Crippen LogP contribution < -0.4 is 10.1 Å². The van der Waals surface area contributed by atoms with Gasteiger partial charge < -0.3 is 10.1 Å². The van der Waals surface area contributed by atoms with E-state index in [2.05, 4.69) is 57.4 Å². The van der Waals surface area contributed by atoms with Crippen LogP contribution in [0.15, 0.2) is 66.2 Å². The zero-order valence-corrected chi connectivity index (χ0v) is 22.4. The summed E-state index contributed by atoms with van der Waals surface area (Å²) in [6.45, 7) is 2.22. The van der Waals surface area contributed by atoms with Crippen molar-refractivity contribution in [3.8, 4) is 11.8 Å². The maximum absolute atomic E-state index is 12.6. The Hall–Kier alpha value is -2.98. The predicted octanol–water partition coefficient (Wildman–Crippen LogP) is 6.49. The molecular formula is C25H19I2N3O4. The minimum atomic E-state index is -0.484. The van der Waals surface area contributed by atoms with Gasteiger partial charge in [-0.25, -0.2) is 0 Å². The molecule has 1 amide bonds. The maximum atomic E-state index is 12.6. The summed E-state index contributed by atoms with van der Waals surface area (Å²) < 4.78 is 7.49. The standard InChI is InChI=1S/C25H19I2N3O4/c1-2-16-6-8-20(9-7-16)29-25(31)19(14-28)10-18-12-22(26)24(23(27)13-18)34-15-17-4-3-5-21(11-17)30(32)33/h3-13H,2,15H2,1H3,(H,29,31)/b19-10+. The van der Waals surface area contributed by atoms with Crippen LogP contribution in [-0.2, 0) is 17.8 Å². The number of rotatable bonds is 8. The molecule has 0 fully saturated rings. The molecule has 172 valence electrons. The van der Waals surface area contributed by atoms with Gasteiger partial charge in [0.25, 0.3) is 11.6 Å². The molecule has 7 nitrogen and oxygen atoms in total. The molecule has 3 rings (SSSR count). The molecule has 0 heterocycles. The highest BCUT2D eigenvalue weighted by Gasteiger charge is 2.13. The van der Waals surface area contributed by atoms with Crippen molar-refractivity contribution in [3.05, 3.63) is 100 Å². The molecule has 0 bridgehead atoms. The fourth-order valence-corrected chi connectivity index (χ4v) is 5.18. The third-order valence-electron chi connectivity index (χ3n) is 4.82. The Kier molecular flexibility index (Phi) is 9.00. The van der Waals surface area contributed by atoms with Crippen molar-refractivity contribution in [2.75, 3.05) is 5.32 Å². The lowest BCUT2D eigenvalue weighted by molar-refractivity contribution is -0.384. The molecule has 0 aliphatic rings. The van der Waals surface area contributed by atoms with E-state index in [1.165, 1.54) is 18.2 Å². The summed E-state index contributed by atoms with van der Waals surface area (Å²) in [5, 5.41) is 23.2. The average Bonchev–Trinajstić information content (AvgIpc) is 2.82. The molecule has 0 aromatic heterocycles. The summed E-state index contributed by atoms with van der Waals surface area (Å²) in [7, 11) is 0. The van der Waals surface area contributed by atoms with E-state index in [0.717, 1.165) is 19.1 Å². The van der Waals surface area contributed by atoms with Gasteiger partial charge in [-0.05, 0) is 98.6 Å². The van der Waals surface area contributed by atoms with Gasteiger partial charge in [0.15, 0.2) is 0 Å². The lowest BCUT2D eigenvalue weighted by Gasteiger charge is -2.12. The summed E-state index contributed by atoms with van der Waals surface area (Å²) >= 11 is 4.24. The van der Waals surface area contributed by atoms with E-state index >= 15 is 0 Å². The summed E-state index contributed by atoms with van der Waals surface area (Å²) in [6, 6.07) is 19.4. The Morgan fingerprint density at radius 1 is 1.12 bits per heavy atom. The molecule has 1 N–H and O–H groups in total. The number of nitro groups is 1. The van der Waals surface area contributed by atoms with E-state index in [1.807, 2.05) is 42.5 Å². The van der Waals surface area contributed by atoms with Gasteiger partial charge in [0.1, 0.15) is 24.0 Å². The zero-order valence-electron chi connectivity index (χ0n) is 18.0. The number of nitrogens with one attached hydrogen (secondary N) is 1. The number of nitriles is 1. The van der Waals surface area contributed by atoms with E-state index in [1.54, 1.807) is 12.1 Å². The SMILES string of the molecule is CCc1ccc(NC(=O)/C(C#N)=C/c2cc(I)c(OCc3cccc([N+](=O)[O-])c3)c(I)c2)cc1. The van der Waals surface area contributed by atoms with Crippen LogP contribution in [0.5, 0.6) is 5.75 Å². The molecule has 0 unspecified atom stereocenters. The van der Waals surface area contributed by atoms with Gasteiger partial charge in [0.05, 0.1) is 12.1 Å². The molecule has 0 atom stereocenters. The molecule has 0 saturated heterocycles. The van der Waals surface area contributed by atoms with Crippen molar-refractivity contribution in [1.82, 2.24) is 0 Å². The van der Waals surface area contributed by atoms with Crippen molar-refractivity contribution >= 4 is 68.5 Å². The Morgan fingerprint density at radius 2 is 1.79 bits per heavy atom. The van der Waals surface area contributed by atoms with Crippen LogP contribution in [0.3, 0.4) is 0 Å². The third-order valence-corrected chi connectivity index (χ3v) is 6.42. The van der Waals surface area contributed by atoms with Gasteiger partial charge in [-0.15, -0.1) is 0 Å². The number of nitrogens with zero attached hydrogens (tertiary/aromatic N) is 2. The quantitative estimate of drug-likeness (QED) is 0.0964. The molecule has 0 spiro atoms. The Morgan fingerprint density at radius 3 is 2.38 bits per heavy atom. The van der Waals surface area contributed by atoms with Gasteiger partial charge in [-0.1, -0.05) is 31.2 Å². The van der Waals surface area contributed by atoms with E-state index in [-0.39, 0.29) is 17.9 Å². The lowest BCUT2D eigenvalue weighted by atomic mass is 10.1. The van der Waals surface area contributed by atoms with Gasteiger partial charge >= 0.3 is 0 Å². The lowest BCUT2D eigenvalue weighted by Crippen LogP contribution is -2.13. The maximum Gasteiger partial charge on any atom is 0.269 e. The van der Waals surface area contributed by atoms with Crippen LogP contribution in [-0.4, -0.2) is 10.8 Å². The van der Waals surface area contributed by atoms with E-state index in [9.17, 15) is 20.2 Å². The van der Waals surface area contributed by atoms with Crippen LogP contribution in [0.4, 0.5) is 11.4 Å². The second-order valence-electron chi connectivity index (χ2n) is 7.20. The molecule has 9 heteroatoms. The normalized spacial score (nSPS) is 10.9. The number of ether oxygens (including phenoxy) is 1. The first-order chi connectivity index (χ1) is 16.3. The Balaban J connectivity index is 1.75. The van der Waals surface area contributed by atoms with Crippen LogP contribution in [0, 0.1) is 28.6 Å².